The summed E-state index contributed by atoms with van der Waals surface area (Å²) >= 11 is 0. The number of nitrogens with one attached hydrogen (secondary N) is 3. The highest BCUT2D eigenvalue weighted by Gasteiger charge is 2.27. The molecule has 1 fully saturated rings. The van der Waals surface area contributed by atoms with E-state index in [0.717, 1.165) is 19.2 Å². The maximum atomic E-state index is 14.7. The van der Waals surface area contributed by atoms with Gasteiger partial charge in [-0.15, -0.1) is 0 Å². The van der Waals surface area contributed by atoms with Gasteiger partial charge >= 0.3 is 6.18 Å². The second-order valence-electron chi connectivity index (χ2n) is 7.52. The van der Waals surface area contributed by atoms with E-state index < -0.39 is 18.5 Å². The molecule has 3 heterocycles. The van der Waals surface area contributed by atoms with Crippen molar-refractivity contribution in [2.24, 2.45) is 0 Å². The predicted molar refractivity (Wildman–Crippen MR) is 112 cm³/mol. The maximum Gasteiger partial charge on any atom is 0.405 e. The third-order valence-electron chi connectivity index (χ3n) is 5.12. The van der Waals surface area contributed by atoms with Crippen LogP contribution in [0.5, 0.6) is 0 Å². The van der Waals surface area contributed by atoms with Crippen LogP contribution in [0.15, 0.2) is 30.5 Å². The lowest BCUT2D eigenvalue weighted by Crippen LogP contribution is -2.47. The fourth-order valence-corrected chi connectivity index (χ4v) is 3.39. The van der Waals surface area contributed by atoms with Crippen LogP contribution in [0.2, 0.25) is 0 Å². The lowest BCUT2D eigenvalue weighted by atomic mass is 10.1. The van der Waals surface area contributed by atoms with Gasteiger partial charge in [-0.1, -0.05) is 0 Å². The molecule has 0 radical (unpaired) electrons. The Balaban J connectivity index is 1.53. The number of halogens is 4. The van der Waals surface area contributed by atoms with Crippen LogP contribution in [0, 0.1) is 5.82 Å². The van der Waals surface area contributed by atoms with Gasteiger partial charge in [0.05, 0.1) is 10.9 Å². The number of rotatable bonds is 5. The highest BCUT2D eigenvalue weighted by Crippen LogP contribution is 2.25. The number of aromatic amines is 1. The molecule has 4 rings (SSSR count). The molecule has 3 aromatic rings. The Morgan fingerprint density at radius 1 is 1.16 bits per heavy atom. The topological polar surface area (TPSA) is 89.2 Å². The number of amides is 1. The summed E-state index contributed by atoms with van der Waals surface area (Å²) in [5.41, 5.74) is 0.521. The minimum atomic E-state index is -4.42. The predicted octanol–water partition coefficient (Wildman–Crippen LogP) is 3.20. The van der Waals surface area contributed by atoms with Crippen LogP contribution in [0.1, 0.15) is 10.4 Å². The van der Waals surface area contributed by atoms with Gasteiger partial charge in [0.15, 0.2) is 0 Å². The number of hydrogen-bond donors (Lipinski definition) is 3. The van der Waals surface area contributed by atoms with Gasteiger partial charge < -0.3 is 25.4 Å². The molecule has 3 N–H and O–H groups in total. The smallest absolute Gasteiger partial charge is 0.360 e. The molecule has 1 saturated heterocycles. The zero-order valence-electron chi connectivity index (χ0n) is 17.1. The number of nitrogens with zero attached hydrogens (tertiary/aromatic N) is 4. The van der Waals surface area contributed by atoms with Crippen molar-refractivity contribution in [1.29, 1.82) is 0 Å². The van der Waals surface area contributed by atoms with Crippen LogP contribution in [0.25, 0.3) is 11.0 Å². The third kappa shape index (κ3) is 4.90. The number of H-pyrrole nitrogens is 1. The van der Waals surface area contributed by atoms with E-state index in [1.807, 2.05) is 7.05 Å². The molecule has 2 aromatic heterocycles. The number of carbonyl (C=O) groups is 1. The number of anilines is 3. The summed E-state index contributed by atoms with van der Waals surface area (Å²) in [6.45, 7) is 1.22. The summed E-state index contributed by atoms with van der Waals surface area (Å²) < 4.78 is 52.5. The van der Waals surface area contributed by atoms with Crippen molar-refractivity contribution in [3.05, 3.63) is 41.8 Å². The Kier molecular flexibility index (Phi) is 5.87. The van der Waals surface area contributed by atoms with Crippen molar-refractivity contribution in [2.75, 3.05) is 50.4 Å². The summed E-state index contributed by atoms with van der Waals surface area (Å²) in [4.78, 5) is 27.4. The minimum Gasteiger partial charge on any atom is -0.360 e. The van der Waals surface area contributed by atoms with Crippen LogP contribution < -0.4 is 10.6 Å². The van der Waals surface area contributed by atoms with Crippen LogP contribution in [0.3, 0.4) is 0 Å². The first kappa shape index (κ1) is 21.8. The summed E-state index contributed by atoms with van der Waals surface area (Å²) in [7, 11) is 1.96. The molecule has 32 heavy (non-hydrogen) atoms. The second kappa shape index (κ2) is 8.61. The van der Waals surface area contributed by atoms with Crippen molar-refractivity contribution < 1.29 is 22.4 Å². The zero-order chi connectivity index (χ0) is 22.9. The van der Waals surface area contributed by atoms with Gasteiger partial charge in [0.2, 0.25) is 5.95 Å². The summed E-state index contributed by atoms with van der Waals surface area (Å²) in [5.74, 6) is -1.14. The van der Waals surface area contributed by atoms with E-state index in [1.54, 1.807) is 11.0 Å². The number of piperazine rings is 1. The van der Waals surface area contributed by atoms with Gasteiger partial charge in [0.1, 0.15) is 23.8 Å². The molecule has 0 atom stereocenters. The number of carbonyl (C=O) groups excluding carboxylic acids is 1. The van der Waals surface area contributed by atoms with Crippen molar-refractivity contribution >= 4 is 34.4 Å². The van der Waals surface area contributed by atoms with Crippen molar-refractivity contribution in [3.8, 4) is 0 Å². The molecular weight excluding hydrogens is 430 g/mol. The molecule has 0 unspecified atom stereocenters. The second-order valence-corrected chi connectivity index (χ2v) is 7.52. The van der Waals surface area contributed by atoms with E-state index >= 15 is 0 Å². The average Bonchev–Trinajstić information content (AvgIpc) is 3.20. The lowest BCUT2D eigenvalue weighted by Gasteiger charge is -2.32. The molecule has 1 aliphatic heterocycles. The van der Waals surface area contributed by atoms with Gasteiger partial charge in [-0.3, -0.25) is 4.79 Å². The van der Waals surface area contributed by atoms with E-state index in [1.165, 1.54) is 18.3 Å². The number of aromatic nitrogens is 3. The largest absolute Gasteiger partial charge is 0.405 e. The van der Waals surface area contributed by atoms with Crippen LogP contribution in [0.4, 0.5) is 35.0 Å². The normalized spacial score (nSPS) is 15.2. The van der Waals surface area contributed by atoms with Gasteiger partial charge in [0, 0.05) is 38.1 Å². The molecule has 1 amide bonds. The van der Waals surface area contributed by atoms with Crippen LogP contribution in [-0.2, 0) is 0 Å². The van der Waals surface area contributed by atoms with E-state index in [9.17, 15) is 22.4 Å². The lowest BCUT2D eigenvalue weighted by molar-refractivity contribution is -0.115. The Morgan fingerprint density at radius 2 is 1.91 bits per heavy atom. The summed E-state index contributed by atoms with van der Waals surface area (Å²) in [6, 6.07) is 5.55. The molecule has 1 aromatic carbocycles. The van der Waals surface area contributed by atoms with Gasteiger partial charge in [0.25, 0.3) is 5.91 Å². The SMILES string of the molecule is CN1CCN(C(=O)c2ccc(Nc3nc(NCC(F)(F)F)c4cc[nH]c4n3)cc2F)CC1. The zero-order valence-corrected chi connectivity index (χ0v) is 17.1. The third-order valence-corrected chi connectivity index (χ3v) is 5.12. The highest BCUT2D eigenvalue weighted by molar-refractivity contribution is 5.95. The Labute approximate surface area is 180 Å². The van der Waals surface area contributed by atoms with Gasteiger partial charge in [-0.2, -0.15) is 23.1 Å². The first-order chi connectivity index (χ1) is 15.2. The van der Waals surface area contributed by atoms with E-state index in [-0.39, 0.29) is 28.9 Å². The monoisotopic (exact) mass is 451 g/mol. The number of alkyl halides is 3. The average molecular weight is 451 g/mol. The number of hydrogen-bond acceptors (Lipinski definition) is 6. The quantitative estimate of drug-likeness (QED) is 0.517. The highest BCUT2D eigenvalue weighted by atomic mass is 19.4. The van der Waals surface area contributed by atoms with E-state index in [2.05, 4.69) is 30.5 Å². The Hall–Kier alpha value is -3.41. The number of benzene rings is 1. The number of likely N-dealkylation sites (N-methyl/N-ethyl adjacent to an activating group) is 1. The molecular formula is C20H21F4N7O. The van der Waals surface area contributed by atoms with Gasteiger partial charge in [-0.05, 0) is 31.3 Å². The first-order valence-electron chi connectivity index (χ1n) is 9.90. The fraction of sp³-hybridized carbons (Fsp3) is 0.350. The molecule has 170 valence electrons. The maximum absolute atomic E-state index is 14.7. The van der Waals surface area contributed by atoms with Gasteiger partial charge in [-0.25, -0.2) is 4.39 Å². The molecule has 1 aliphatic rings. The summed E-state index contributed by atoms with van der Waals surface area (Å²) in [5, 5.41) is 5.42. The Bertz CT molecular complexity index is 1120. The van der Waals surface area contributed by atoms with Crippen LogP contribution in [-0.4, -0.2) is 76.6 Å². The Morgan fingerprint density at radius 3 is 2.59 bits per heavy atom. The van der Waals surface area contributed by atoms with E-state index in [4.69, 9.17) is 0 Å². The van der Waals surface area contributed by atoms with Crippen molar-refractivity contribution in [1.82, 2.24) is 24.8 Å². The van der Waals surface area contributed by atoms with E-state index in [0.29, 0.717) is 24.1 Å². The molecule has 0 aliphatic carbocycles. The van der Waals surface area contributed by atoms with Crippen LogP contribution >= 0.6 is 0 Å². The fourth-order valence-electron chi connectivity index (χ4n) is 3.39. The minimum absolute atomic E-state index is 0.0154. The standard InChI is InChI=1S/C20H21F4N7O/c1-30-6-8-31(9-7-30)18(32)13-3-2-12(10-15(13)21)27-19-28-16-14(4-5-25-16)17(29-19)26-11-20(22,23)24/h2-5,10H,6-9,11H2,1H3,(H3,25,26,27,28,29). The molecule has 0 bridgehead atoms. The van der Waals surface area contributed by atoms with Crippen molar-refractivity contribution in [3.63, 3.8) is 0 Å². The van der Waals surface area contributed by atoms with Crippen molar-refractivity contribution in [2.45, 2.75) is 6.18 Å². The summed E-state index contributed by atoms with van der Waals surface area (Å²) in [6.07, 6.45) is -2.89. The molecule has 8 nitrogen and oxygen atoms in total. The first-order valence-corrected chi connectivity index (χ1v) is 9.90. The molecule has 0 spiro atoms. The molecule has 0 saturated carbocycles. The number of fused-ring (bicyclic) bond motifs is 1. The molecule has 12 heteroatoms.